The first kappa shape index (κ1) is 24.0. The van der Waals surface area contributed by atoms with E-state index in [-0.39, 0.29) is 0 Å². The Morgan fingerprint density at radius 2 is 0.875 bits per heavy atom. The van der Waals surface area contributed by atoms with Crippen LogP contribution in [0.2, 0.25) is 0 Å². The van der Waals surface area contributed by atoms with E-state index in [9.17, 15) is 0 Å². The van der Waals surface area contributed by atoms with Crippen LogP contribution in [0.15, 0.2) is 0 Å². The molecule has 0 aliphatic heterocycles. The molecule has 0 aromatic carbocycles. The van der Waals surface area contributed by atoms with Gasteiger partial charge in [0.15, 0.2) is 0 Å². The monoisotopic (exact) mass is 338 g/mol. The Morgan fingerprint density at radius 3 is 1.29 bits per heavy atom. The fourth-order valence-electron chi connectivity index (χ4n) is 4.17. The number of unbranched alkanes of at least 4 members (excludes halogenated alkanes) is 8. The van der Waals surface area contributed by atoms with Crippen molar-refractivity contribution in [3.63, 3.8) is 0 Å². The van der Waals surface area contributed by atoms with E-state index >= 15 is 0 Å². The summed E-state index contributed by atoms with van der Waals surface area (Å²) in [5.74, 6) is 0.890. The van der Waals surface area contributed by atoms with Crippen LogP contribution in [0.1, 0.15) is 144 Å². The first-order valence-electron chi connectivity index (χ1n) is 11.6. The molecule has 0 aromatic rings. The largest absolute Gasteiger partial charge is 0.0654 e. The smallest absolute Gasteiger partial charge is 0.0297 e. The summed E-state index contributed by atoms with van der Waals surface area (Å²) in [6.07, 6.45) is 24.7. The minimum atomic E-state index is 0.694. The van der Waals surface area contributed by atoms with Gasteiger partial charge in [0.1, 0.15) is 0 Å². The van der Waals surface area contributed by atoms with Gasteiger partial charge in [-0.1, -0.05) is 118 Å². The summed E-state index contributed by atoms with van der Waals surface area (Å²) in [5, 5.41) is 0. The van der Waals surface area contributed by atoms with Crippen LogP contribution in [0.5, 0.6) is 0 Å². The molecule has 0 fully saturated rings. The molecule has 0 radical (unpaired) electrons. The third-order valence-electron chi connectivity index (χ3n) is 5.92. The molecule has 0 unspecified atom stereocenters. The van der Waals surface area contributed by atoms with Gasteiger partial charge in [0.2, 0.25) is 0 Å². The van der Waals surface area contributed by atoms with E-state index in [1.165, 1.54) is 109 Å². The predicted octanol–water partition coefficient (Wildman–Crippen LogP) is 9.32. The normalized spacial score (nSPS) is 12.2. The second-order valence-corrected chi connectivity index (χ2v) is 8.86. The zero-order chi connectivity index (χ0) is 18.1. The van der Waals surface area contributed by atoms with Gasteiger partial charge < -0.3 is 0 Å². The lowest BCUT2D eigenvalue weighted by Crippen LogP contribution is -2.21. The SMILES string of the molecule is CCCCC(CCCC)(CCCC)CCCCCCCCC(C)C. The summed E-state index contributed by atoms with van der Waals surface area (Å²) >= 11 is 0. The van der Waals surface area contributed by atoms with Gasteiger partial charge in [-0.15, -0.1) is 0 Å². The standard InChI is InChI=1S/C24H50/c1-6-9-19-24(20-10-7-2,21-11-8-3)22-17-15-13-12-14-16-18-23(4)5/h23H,6-22H2,1-5H3. The van der Waals surface area contributed by atoms with Crippen molar-refractivity contribution in [3.8, 4) is 0 Å². The van der Waals surface area contributed by atoms with E-state index in [1.54, 1.807) is 0 Å². The zero-order valence-corrected chi connectivity index (χ0v) is 18.1. The topological polar surface area (TPSA) is 0 Å². The van der Waals surface area contributed by atoms with Crippen LogP contribution in [0.25, 0.3) is 0 Å². The lowest BCUT2D eigenvalue weighted by atomic mass is 9.71. The van der Waals surface area contributed by atoms with Crippen molar-refractivity contribution in [1.29, 1.82) is 0 Å². The van der Waals surface area contributed by atoms with Gasteiger partial charge in [-0.2, -0.15) is 0 Å². The van der Waals surface area contributed by atoms with Crippen LogP contribution < -0.4 is 0 Å². The van der Waals surface area contributed by atoms with E-state index < -0.39 is 0 Å². The lowest BCUT2D eigenvalue weighted by molar-refractivity contribution is 0.175. The van der Waals surface area contributed by atoms with Crippen LogP contribution in [-0.4, -0.2) is 0 Å². The molecular formula is C24H50. The molecule has 0 saturated carbocycles. The molecule has 0 aromatic heterocycles. The first-order chi connectivity index (χ1) is 11.6. The average Bonchev–Trinajstić information content (AvgIpc) is 2.57. The minimum absolute atomic E-state index is 0.694. The van der Waals surface area contributed by atoms with Crippen molar-refractivity contribution >= 4 is 0 Å². The second-order valence-electron chi connectivity index (χ2n) is 8.86. The second kappa shape index (κ2) is 16.5. The maximum atomic E-state index is 2.36. The van der Waals surface area contributed by atoms with Gasteiger partial charge in [0.25, 0.3) is 0 Å². The highest BCUT2D eigenvalue weighted by molar-refractivity contribution is 4.79. The number of hydrogen-bond acceptors (Lipinski definition) is 0. The predicted molar refractivity (Wildman–Crippen MR) is 113 cm³/mol. The molecule has 0 rings (SSSR count). The van der Waals surface area contributed by atoms with Gasteiger partial charge in [-0.3, -0.25) is 0 Å². The van der Waals surface area contributed by atoms with Crippen molar-refractivity contribution in [2.75, 3.05) is 0 Å². The van der Waals surface area contributed by atoms with E-state index in [0.717, 1.165) is 5.92 Å². The van der Waals surface area contributed by atoms with Crippen molar-refractivity contribution in [2.24, 2.45) is 11.3 Å². The Balaban J connectivity index is 4.12. The Hall–Kier alpha value is 0. The van der Waals surface area contributed by atoms with E-state index in [2.05, 4.69) is 34.6 Å². The summed E-state index contributed by atoms with van der Waals surface area (Å²) < 4.78 is 0. The summed E-state index contributed by atoms with van der Waals surface area (Å²) in [4.78, 5) is 0. The third-order valence-corrected chi connectivity index (χ3v) is 5.92. The summed E-state index contributed by atoms with van der Waals surface area (Å²) in [5.41, 5.74) is 0.694. The molecule has 0 atom stereocenters. The molecule has 0 aliphatic rings. The van der Waals surface area contributed by atoms with Gasteiger partial charge in [0.05, 0.1) is 0 Å². The Labute approximate surface area is 155 Å². The molecule has 0 amide bonds. The van der Waals surface area contributed by atoms with E-state index in [1.807, 2.05) is 0 Å². The number of hydrogen-bond donors (Lipinski definition) is 0. The van der Waals surface area contributed by atoms with Crippen LogP contribution in [0.4, 0.5) is 0 Å². The summed E-state index contributed by atoms with van der Waals surface area (Å²) in [6, 6.07) is 0. The van der Waals surface area contributed by atoms with Crippen LogP contribution >= 0.6 is 0 Å². The van der Waals surface area contributed by atoms with Gasteiger partial charge in [0, 0.05) is 0 Å². The van der Waals surface area contributed by atoms with Gasteiger partial charge in [-0.05, 0) is 37.0 Å². The van der Waals surface area contributed by atoms with Crippen LogP contribution in [0.3, 0.4) is 0 Å². The number of rotatable bonds is 18. The fourth-order valence-corrected chi connectivity index (χ4v) is 4.17. The molecule has 24 heavy (non-hydrogen) atoms. The molecule has 0 bridgehead atoms. The van der Waals surface area contributed by atoms with Crippen molar-refractivity contribution in [3.05, 3.63) is 0 Å². The van der Waals surface area contributed by atoms with Gasteiger partial charge in [-0.25, -0.2) is 0 Å². The minimum Gasteiger partial charge on any atom is -0.0654 e. The molecule has 0 spiro atoms. The summed E-state index contributed by atoms with van der Waals surface area (Å²) in [7, 11) is 0. The molecule has 146 valence electrons. The van der Waals surface area contributed by atoms with Gasteiger partial charge >= 0.3 is 0 Å². The highest BCUT2D eigenvalue weighted by Crippen LogP contribution is 2.41. The van der Waals surface area contributed by atoms with Crippen LogP contribution in [0, 0.1) is 11.3 Å². The molecule has 0 nitrogen and oxygen atoms in total. The van der Waals surface area contributed by atoms with E-state index in [4.69, 9.17) is 0 Å². The molecular weight excluding hydrogens is 288 g/mol. The fraction of sp³-hybridized carbons (Fsp3) is 1.00. The highest BCUT2D eigenvalue weighted by Gasteiger charge is 2.27. The molecule has 0 saturated heterocycles. The zero-order valence-electron chi connectivity index (χ0n) is 18.1. The Morgan fingerprint density at radius 1 is 0.500 bits per heavy atom. The molecule has 0 N–H and O–H groups in total. The first-order valence-corrected chi connectivity index (χ1v) is 11.6. The molecule has 0 heteroatoms. The Bertz CT molecular complexity index is 219. The van der Waals surface area contributed by atoms with E-state index in [0.29, 0.717) is 5.41 Å². The Kier molecular flexibility index (Phi) is 16.5. The maximum Gasteiger partial charge on any atom is -0.0297 e. The maximum absolute atomic E-state index is 2.36. The van der Waals surface area contributed by atoms with Crippen molar-refractivity contribution < 1.29 is 0 Å². The summed E-state index contributed by atoms with van der Waals surface area (Å²) in [6.45, 7) is 11.8. The quantitative estimate of drug-likeness (QED) is 0.218. The van der Waals surface area contributed by atoms with Crippen LogP contribution in [-0.2, 0) is 0 Å². The molecule has 0 aliphatic carbocycles. The van der Waals surface area contributed by atoms with Crippen molar-refractivity contribution in [1.82, 2.24) is 0 Å². The lowest BCUT2D eigenvalue weighted by Gasteiger charge is -2.35. The average molecular weight is 339 g/mol. The van der Waals surface area contributed by atoms with Crippen molar-refractivity contribution in [2.45, 2.75) is 144 Å². The third kappa shape index (κ3) is 13.3. The molecule has 0 heterocycles. The highest BCUT2D eigenvalue weighted by atomic mass is 14.3.